The highest BCUT2D eigenvalue weighted by molar-refractivity contribution is 5.75. The molecule has 2 unspecified atom stereocenters. The Hall–Kier alpha value is -0.570. The molecule has 112 valence electrons. The number of rotatable bonds is 8. The van der Waals surface area contributed by atoms with Gasteiger partial charge in [-0.1, -0.05) is 33.6 Å². The second-order valence-corrected chi connectivity index (χ2v) is 6.41. The third-order valence-electron chi connectivity index (χ3n) is 3.94. The van der Waals surface area contributed by atoms with Crippen molar-refractivity contribution in [3.63, 3.8) is 0 Å². The average Bonchev–Trinajstić information content (AvgIpc) is 2.36. The van der Waals surface area contributed by atoms with E-state index in [2.05, 4.69) is 31.4 Å². The second kappa shape index (κ2) is 9.35. The Morgan fingerprint density at radius 1 is 1.26 bits per heavy atom. The second-order valence-electron chi connectivity index (χ2n) is 6.41. The minimum atomic E-state index is 0.184. The van der Waals surface area contributed by atoms with Crippen LogP contribution in [-0.4, -0.2) is 25.0 Å². The molecule has 1 amide bonds. The van der Waals surface area contributed by atoms with Crippen LogP contribution >= 0.6 is 0 Å². The van der Waals surface area contributed by atoms with E-state index in [0.29, 0.717) is 12.5 Å². The Kier molecular flexibility index (Phi) is 8.11. The zero-order valence-corrected chi connectivity index (χ0v) is 13.0. The van der Waals surface area contributed by atoms with Crippen LogP contribution in [0.2, 0.25) is 0 Å². The lowest BCUT2D eigenvalue weighted by Crippen LogP contribution is -2.37. The van der Waals surface area contributed by atoms with Crippen molar-refractivity contribution in [1.29, 1.82) is 0 Å². The highest BCUT2D eigenvalue weighted by Gasteiger charge is 2.22. The molecule has 0 saturated heterocycles. The van der Waals surface area contributed by atoms with Gasteiger partial charge < -0.3 is 10.6 Å². The van der Waals surface area contributed by atoms with Crippen molar-refractivity contribution in [3.05, 3.63) is 0 Å². The van der Waals surface area contributed by atoms with Gasteiger partial charge in [0.25, 0.3) is 0 Å². The molecule has 0 radical (unpaired) electrons. The largest absolute Gasteiger partial charge is 0.356 e. The van der Waals surface area contributed by atoms with Crippen LogP contribution in [0.4, 0.5) is 0 Å². The average molecular weight is 268 g/mol. The summed E-state index contributed by atoms with van der Waals surface area (Å²) in [7, 11) is 0. The maximum absolute atomic E-state index is 11.5. The minimum absolute atomic E-state index is 0.184. The van der Waals surface area contributed by atoms with Crippen molar-refractivity contribution >= 4 is 5.91 Å². The Morgan fingerprint density at radius 2 is 2.05 bits per heavy atom. The van der Waals surface area contributed by atoms with Crippen molar-refractivity contribution in [2.45, 2.75) is 71.8 Å². The SMILES string of the molecule is CCCNC(=O)CCNC1CCCC(CC(C)C)C1. The van der Waals surface area contributed by atoms with Gasteiger partial charge >= 0.3 is 0 Å². The maximum atomic E-state index is 11.5. The summed E-state index contributed by atoms with van der Waals surface area (Å²) < 4.78 is 0. The molecule has 0 spiro atoms. The summed E-state index contributed by atoms with van der Waals surface area (Å²) in [5.74, 6) is 1.88. The number of carbonyl (C=O) groups excluding carboxylic acids is 1. The molecule has 0 heterocycles. The van der Waals surface area contributed by atoms with Gasteiger partial charge in [0.05, 0.1) is 0 Å². The van der Waals surface area contributed by atoms with Crippen molar-refractivity contribution in [1.82, 2.24) is 10.6 Å². The third-order valence-corrected chi connectivity index (χ3v) is 3.94. The minimum Gasteiger partial charge on any atom is -0.356 e. The highest BCUT2D eigenvalue weighted by Crippen LogP contribution is 2.29. The Morgan fingerprint density at radius 3 is 2.74 bits per heavy atom. The fraction of sp³-hybridized carbons (Fsp3) is 0.938. The quantitative estimate of drug-likeness (QED) is 0.710. The smallest absolute Gasteiger partial charge is 0.221 e. The van der Waals surface area contributed by atoms with E-state index in [1.807, 2.05) is 0 Å². The maximum Gasteiger partial charge on any atom is 0.221 e. The number of hydrogen-bond acceptors (Lipinski definition) is 2. The van der Waals surface area contributed by atoms with Gasteiger partial charge in [0, 0.05) is 25.6 Å². The van der Waals surface area contributed by atoms with E-state index in [1.54, 1.807) is 0 Å². The molecule has 1 aliphatic rings. The van der Waals surface area contributed by atoms with E-state index >= 15 is 0 Å². The van der Waals surface area contributed by atoms with Crippen LogP contribution in [0.15, 0.2) is 0 Å². The van der Waals surface area contributed by atoms with Gasteiger partial charge in [-0.2, -0.15) is 0 Å². The summed E-state index contributed by atoms with van der Waals surface area (Å²) in [5.41, 5.74) is 0. The van der Waals surface area contributed by atoms with Crippen LogP contribution in [0.1, 0.15) is 65.7 Å². The van der Waals surface area contributed by atoms with Crippen LogP contribution in [-0.2, 0) is 4.79 Å². The third kappa shape index (κ3) is 7.56. The first-order chi connectivity index (χ1) is 9.11. The van der Waals surface area contributed by atoms with Crippen molar-refractivity contribution in [3.8, 4) is 0 Å². The molecule has 0 aromatic heterocycles. The van der Waals surface area contributed by atoms with Gasteiger partial charge in [0.2, 0.25) is 5.91 Å². The fourth-order valence-electron chi connectivity index (χ4n) is 3.10. The molecule has 19 heavy (non-hydrogen) atoms. The number of nitrogens with one attached hydrogen (secondary N) is 2. The Balaban J connectivity index is 2.13. The lowest BCUT2D eigenvalue weighted by molar-refractivity contribution is -0.121. The normalized spacial score (nSPS) is 23.6. The van der Waals surface area contributed by atoms with Crippen LogP contribution < -0.4 is 10.6 Å². The summed E-state index contributed by atoms with van der Waals surface area (Å²) in [5, 5.41) is 6.50. The van der Waals surface area contributed by atoms with Crippen molar-refractivity contribution < 1.29 is 4.79 Å². The molecule has 1 aliphatic carbocycles. The molecule has 0 bridgehead atoms. The van der Waals surface area contributed by atoms with Gasteiger partial charge in [-0.15, -0.1) is 0 Å². The van der Waals surface area contributed by atoms with Crippen LogP contribution in [0.3, 0.4) is 0 Å². The summed E-state index contributed by atoms with van der Waals surface area (Å²) in [6.07, 6.45) is 8.31. The van der Waals surface area contributed by atoms with Gasteiger partial charge in [0.1, 0.15) is 0 Å². The summed E-state index contributed by atoms with van der Waals surface area (Å²) >= 11 is 0. The molecular formula is C16H32N2O. The van der Waals surface area contributed by atoms with Crippen LogP contribution in [0, 0.1) is 11.8 Å². The standard InChI is InChI=1S/C16H32N2O/c1-4-9-18-16(19)8-10-17-15-7-5-6-14(12-15)11-13(2)3/h13-15,17H,4-12H2,1-3H3,(H,18,19). The molecular weight excluding hydrogens is 236 g/mol. The van der Waals surface area contributed by atoms with Crippen LogP contribution in [0.25, 0.3) is 0 Å². The Bertz CT molecular complexity index is 253. The van der Waals surface area contributed by atoms with Gasteiger partial charge in [-0.05, 0) is 37.5 Å². The summed E-state index contributed by atoms with van der Waals surface area (Å²) in [4.78, 5) is 11.5. The molecule has 1 saturated carbocycles. The first-order valence-corrected chi connectivity index (χ1v) is 8.11. The zero-order chi connectivity index (χ0) is 14.1. The van der Waals surface area contributed by atoms with E-state index in [9.17, 15) is 4.79 Å². The lowest BCUT2D eigenvalue weighted by atomic mass is 9.81. The van der Waals surface area contributed by atoms with Gasteiger partial charge in [-0.25, -0.2) is 0 Å². The molecule has 1 rings (SSSR count). The fourth-order valence-corrected chi connectivity index (χ4v) is 3.10. The van der Waals surface area contributed by atoms with Gasteiger partial charge in [0.15, 0.2) is 0 Å². The first kappa shape index (κ1) is 16.5. The number of hydrogen-bond donors (Lipinski definition) is 2. The Labute approximate surface area is 118 Å². The number of carbonyl (C=O) groups is 1. The molecule has 3 heteroatoms. The van der Waals surface area contributed by atoms with E-state index < -0.39 is 0 Å². The zero-order valence-electron chi connectivity index (χ0n) is 13.0. The van der Waals surface area contributed by atoms with E-state index in [4.69, 9.17) is 0 Å². The highest BCUT2D eigenvalue weighted by atomic mass is 16.1. The van der Waals surface area contributed by atoms with Crippen molar-refractivity contribution in [2.24, 2.45) is 11.8 Å². The summed E-state index contributed by atoms with van der Waals surface area (Å²) in [6.45, 7) is 8.34. The molecule has 0 aromatic carbocycles. The molecule has 0 aromatic rings. The molecule has 0 aliphatic heterocycles. The molecule has 3 nitrogen and oxygen atoms in total. The van der Waals surface area contributed by atoms with E-state index in [1.165, 1.54) is 32.1 Å². The van der Waals surface area contributed by atoms with Crippen molar-refractivity contribution in [2.75, 3.05) is 13.1 Å². The van der Waals surface area contributed by atoms with E-state index in [0.717, 1.165) is 31.3 Å². The monoisotopic (exact) mass is 268 g/mol. The number of amides is 1. The molecule has 2 N–H and O–H groups in total. The van der Waals surface area contributed by atoms with Gasteiger partial charge in [-0.3, -0.25) is 4.79 Å². The molecule has 2 atom stereocenters. The molecule has 1 fully saturated rings. The lowest BCUT2D eigenvalue weighted by Gasteiger charge is -2.30. The predicted octanol–water partition coefficient (Wildman–Crippen LogP) is 3.10. The first-order valence-electron chi connectivity index (χ1n) is 8.11. The van der Waals surface area contributed by atoms with E-state index in [-0.39, 0.29) is 5.91 Å². The van der Waals surface area contributed by atoms with Crippen LogP contribution in [0.5, 0.6) is 0 Å². The summed E-state index contributed by atoms with van der Waals surface area (Å²) in [6, 6.07) is 0.636. The predicted molar refractivity (Wildman–Crippen MR) is 81.1 cm³/mol. The topological polar surface area (TPSA) is 41.1 Å².